The molecule has 7 heteroatoms. The lowest BCUT2D eigenvalue weighted by Gasteiger charge is -2.09. The molecule has 0 aliphatic heterocycles. The van der Waals surface area contributed by atoms with Crippen LogP contribution in [0.4, 0.5) is 16.2 Å². The molecule has 0 radical (unpaired) electrons. The predicted molar refractivity (Wildman–Crippen MR) is 94.2 cm³/mol. The fourth-order valence-electron chi connectivity index (χ4n) is 2.02. The van der Waals surface area contributed by atoms with Gasteiger partial charge in [0.1, 0.15) is 11.5 Å². The molecule has 0 aliphatic carbocycles. The van der Waals surface area contributed by atoms with Gasteiger partial charge in [0.15, 0.2) is 0 Å². The number of hydrogen-bond acceptors (Lipinski definition) is 5. The number of amides is 2. The fraction of sp³-hybridized carbons (Fsp3) is 0.0556. The first-order chi connectivity index (χ1) is 12.2. The van der Waals surface area contributed by atoms with Crippen LogP contribution in [0.3, 0.4) is 0 Å². The third-order valence-electron chi connectivity index (χ3n) is 3.21. The largest absolute Gasteiger partial charge is 0.497 e. The monoisotopic (exact) mass is 336 g/mol. The number of methoxy groups -OCH3 is 1. The van der Waals surface area contributed by atoms with Crippen LogP contribution in [0, 0.1) is 0 Å². The molecule has 0 atom stereocenters. The summed E-state index contributed by atoms with van der Waals surface area (Å²) in [4.78, 5) is 20.0. The molecule has 1 heterocycles. The molecule has 0 saturated carbocycles. The summed E-state index contributed by atoms with van der Waals surface area (Å²) in [5.41, 5.74) is 1.30. The number of urea groups is 1. The van der Waals surface area contributed by atoms with Crippen LogP contribution in [0.1, 0.15) is 0 Å². The van der Waals surface area contributed by atoms with Crippen molar-refractivity contribution in [3.8, 4) is 17.5 Å². The van der Waals surface area contributed by atoms with Crippen molar-refractivity contribution in [3.63, 3.8) is 0 Å². The van der Waals surface area contributed by atoms with E-state index in [1.165, 1.54) is 0 Å². The van der Waals surface area contributed by atoms with Crippen molar-refractivity contribution >= 4 is 17.4 Å². The first kappa shape index (κ1) is 16.3. The first-order valence-corrected chi connectivity index (χ1v) is 7.50. The number of hydrogen-bond donors (Lipinski definition) is 2. The number of ether oxygens (including phenoxy) is 2. The zero-order valence-electron chi connectivity index (χ0n) is 13.5. The Kier molecular flexibility index (Phi) is 5.06. The van der Waals surface area contributed by atoms with E-state index in [9.17, 15) is 4.79 Å². The van der Waals surface area contributed by atoms with Gasteiger partial charge in [-0.15, -0.1) is 0 Å². The Bertz CT molecular complexity index is 821. The second-order valence-corrected chi connectivity index (χ2v) is 4.97. The van der Waals surface area contributed by atoms with Crippen molar-refractivity contribution in [1.82, 2.24) is 9.97 Å². The topological polar surface area (TPSA) is 85.4 Å². The first-order valence-electron chi connectivity index (χ1n) is 7.50. The zero-order chi connectivity index (χ0) is 17.5. The molecule has 7 nitrogen and oxygen atoms in total. The van der Waals surface area contributed by atoms with Crippen LogP contribution in [0.25, 0.3) is 0 Å². The van der Waals surface area contributed by atoms with Crippen LogP contribution in [0.5, 0.6) is 17.5 Å². The standard InChI is InChI=1S/C18H16N4O3/c1-24-15-7-3-13(4-8-15)21-17(23)22-14-5-9-16(10-6-14)25-18-19-11-2-12-20-18/h2-12H,1H3,(H2,21,22,23). The molecular formula is C18H16N4O3. The average Bonchev–Trinajstić information content (AvgIpc) is 2.65. The maximum Gasteiger partial charge on any atom is 0.323 e. The lowest BCUT2D eigenvalue weighted by molar-refractivity contribution is 0.262. The van der Waals surface area contributed by atoms with Gasteiger partial charge < -0.3 is 20.1 Å². The maximum atomic E-state index is 12.0. The summed E-state index contributed by atoms with van der Waals surface area (Å²) in [7, 11) is 1.59. The van der Waals surface area contributed by atoms with Crippen molar-refractivity contribution in [2.75, 3.05) is 17.7 Å². The van der Waals surface area contributed by atoms with Crippen LogP contribution >= 0.6 is 0 Å². The Morgan fingerprint density at radius 2 is 1.36 bits per heavy atom. The van der Waals surface area contributed by atoms with Crippen LogP contribution in [0.15, 0.2) is 67.0 Å². The van der Waals surface area contributed by atoms with E-state index in [-0.39, 0.29) is 12.0 Å². The SMILES string of the molecule is COc1ccc(NC(=O)Nc2ccc(Oc3ncccn3)cc2)cc1. The molecule has 0 saturated heterocycles. The Hall–Kier alpha value is -3.61. The molecule has 0 bridgehead atoms. The number of nitrogens with one attached hydrogen (secondary N) is 2. The molecule has 2 amide bonds. The minimum absolute atomic E-state index is 0.264. The van der Waals surface area contributed by atoms with E-state index in [1.807, 2.05) is 0 Å². The fourth-order valence-corrected chi connectivity index (χ4v) is 2.02. The zero-order valence-corrected chi connectivity index (χ0v) is 13.5. The highest BCUT2D eigenvalue weighted by Crippen LogP contribution is 2.20. The summed E-state index contributed by atoms with van der Waals surface area (Å²) in [6.45, 7) is 0. The average molecular weight is 336 g/mol. The van der Waals surface area contributed by atoms with E-state index < -0.39 is 0 Å². The van der Waals surface area contributed by atoms with Gasteiger partial charge in [0.25, 0.3) is 0 Å². The van der Waals surface area contributed by atoms with Gasteiger partial charge in [-0.3, -0.25) is 0 Å². The van der Waals surface area contributed by atoms with E-state index in [1.54, 1.807) is 74.1 Å². The quantitative estimate of drug-likeness (QED) is 0.737. The van der Waals surface area contributed by atoms with Gasteiger partial charge in [0.2, 0.25) is 0 Å². The van der Waals surface area contributed by atoms with Crippen molar-refractivity contribution in [2.45, 2.75) is 0 Å². The number of carbonyl (C=O) groups is 1. The summed E-state index contributed by atoms with van der Waals surface area (Å²) >= 11 is 0. The van der Waals surface area contributed by atoms with Gasteiger partial charge >= 0.3 is 12.0 Å². The van der Waals surface area contributed by atoms with Gasteiger partial charge in [0.05, 0.1) is 7.11 Å². The highest BCUT2D eigenvalue weighted by atomic mass is 16.5. The molecule has 3 aromatic rings. The van der Waals surface area contributed by atoms with E-state index in [4.69, 9.17) is 9.47 Å². The van der Waals surface area contributed by atoms with E-state index in [2.05, 4.69) is 20.6 Å². The number of anilines is 2. The van der Waals surface area contributed by atoms with E-state index in [0.29, 0.717) is 17.1 Å². The second kappa shape index (κ2) is 7.78. The Morgan fingerprint density at radius 1 is 0.840 bits per heavy atom. The molecule has 3 rings (SSSR count). The smallest absolute Gasteiger partial charge is 0.323 e. The second-order valence-electron chi connectivity index (χ2n) is 4.97. The van der Waals surface area contributed by atoms with Crippen LogP contribution in [-0.4, -0.2) is 23.1 Å². The third kappa shape index (κ3) is 4.68. The number of aromatic nitrogens is 2. The molecule has 0 spiro atoms. The molecular weight excluding hydrogens is 320 g/mol. The predicted octanol–water partition coefficient (Wildman–Crippen LogP) is 3.92. The Balaban J connectivity index is 1.56. The summed E-state index contributed by atoms with van der Waals surface area (Å²) in [6.07, 6.45) is 3.20. The van der Waals surface area contributed by atoms with Crippen LogP contribution < -0.4 is 20.1 Å². The number of rotatable bonds is 5. The maximum absolute atomic E-state index is 12.0. The van der Waals surface area contributed by atoms with E-state index in [0.717, 1.165) is 5.75 Å². The summed E-state index contributed by atoms with van der Waals surface area (Å²) in [5, 5.41) is 5.48. The highest BCUT2D eigenvalue weighted by Gasteiger charge is 2.04. The molecule has 126 valence electrons. The molecule has 2 aromatic carbocycles. The summed E-state index contributed by atoms with van der Waals surface area (Å²) < 4.78 is 10.6. The Morgan fingerprint density at radius 3 is 1.88 bits per heavy atom. The van der Waals surface area contributed by atoms with Gasteiger partial charge in [-0.1, -0.05) is 0 Å². The van der Waals surface area contributed by atoms with Crippen molar-refractivity contribution < 1.29 is 14.3 Å². The third-order valence-corrected chi connectivity index (χ3v) is 3.21. The summed E-state index contributed by atoms with van der Waals surface area (Å²) in [5.74, 6) is 1.30. The van der Waals surface area contributed by atoms with Crippen molar-refractivity contribution in [1.29, 1.82) is 0 Å². The lowest BCUT2D eigenvalue weighted by Crippen LogP contribution is -2.19. The van der Waals surface area contributed by atoms with Crippen molar-refractivity contribution in [3.05, 3.63) is 67.0 Å². The molecule has 0 fully saturated rings. The molecule has 0 aliphatic rings. The van der Waals surface area contributed by atoms with Gasteiger partial charge in [-0.25, -0.2) is 14.8 Å². The molecule has 2 N–H and O–H groups in total. The minimum atomic E-state index is -0.342. The highest BCUT2D eigenvalue weighted by molar-refractivity contribution is 5.99. The minimum Gasteiger partial charge on any atom is -0.497 e. The normalized spacial score (nSPS) is 9.96. The molecule has 25 heavy (non-hydrogen) atoms. The summed E-state index contributed by atoms with van der Waals surface area (Å²) in [6, 6.07) is 15.6. The van der Waals surface area contributed by atoms with E-state index >= 15 is 0 Å². The van der Waals surface area contributed by atoms with Crippen LogP contribution in [0.2, 0.25) is 0 Å². The molecule has 1 aromatic heterocycles. The number of benzene rings is 2. The van der Waals surface area contributed by atoms with Gasteiger partial charge in [-0.05, 0) is 54.6 Å². The lowest BCUT2D eigenvalue weighted by atomic mass is 10.3. The number of nitrogens with zero attached hydrogens (tertiary/aromatic N) is 2. The van der Waals surface area contributed by atoms with Gasteiger partial charge in [0, 0.05) is 23.8 Å². The van der Waals surface area contributed by atoms with Crippen LogP contribution in [-0.2, 0) is 0 Å². The van der Waals surface area contributed by atoms with Gasteiger partial charge in [-0.2, -0.15) is 0 Å². The number of carbonyl (C=O) groups excluding carboxylic acids is 1. The van der Waals surface area contributed by atoms with Crippen molar-refractivity contribution in [2.24, 2.45) is 0 Å². The molecule has 0 unspecified atom stereocenters. The Labute approximate surface area is 144 Å².